The van der Waals surface area contributed by atoms with Gasteiger partial charge in [-0.15, -0.1) is 0 Å². The molecule has 4 rings (SSSR count). The highest BCUT2D eigenvalue weighted by molar-refractivity contribution is 7.90. The van der Waals surface area contributed by atoms with Crippen molar-refractivity contribution >= 4 is 38.5 Å². The first kappa shape index (κ1) is 25.3. The normalized spacial score (nSPS) is 11.1. The van der Waals surface area contributed by atoms with Crippen LogP contribution in [0.2, 0.25) is 0 Å². The Morgan fingerprint density at radius 3 is 2.27 bits per heavy atom. The number of aromatic amines is 1. The number of aromatic nitrogens is 1. The minimum Gasteiger partial charge on any atom is -0.487 e. The fraction of sp³-hybridized carbons (Fsp3) is 0.0800. The third-order valence-corrected chi connectivity index (χ3v) is 6.25. The molecular formula is C25H21N3O8S. The molecule has 0 aliphatic rings. The van der Waals surface area contributed by atoms with E-state index < -0.39 is 27.6 Å². The lowest BCUT2D eigenvalue weighted by molar-refractivity contribution is -0.150. The minimum absolute atomic E-state index is 0.0277. The highest BCUT2D eigenvalue weighted by Gasteiger charge is 2.17. The number of carbonyl (C=O) groups excluding carboxylic acids is 2. The zero-order valence-electron chi connectivity index (χ0n) is 19.3. The molecule has 0 saturated carbocycles. The molecule has 0 bridgehead atoms. The topological polar surface area (TPSA) is 164 Å². The van der Waals surface area contributed by atoms with Gasteiger partial charge in [0.05, 0.1) is 10.4 Å². The number of rotatable bonds is 7. The molecule has 1 heterocycles. The molecule has 4 N–H and O–H groups in total. The summed E-state index contributed by atoms with van der Waals surface area (Å²) in [4.78, 5) is 37.4. The molecule has 0 saturated heterocycles. The van der Waals surface area contributed by atoms with Gasteiger partial charge < -0.3 is 19.6 Å². The molecule has 0 aliphatic carbocycles. The number of ether oxygens (including phenoxy) is 2. The summed E-state index contributed by atoms with van der Waals surface area (Å²) < 4.78 is 35.3. The first-order valence-electron chi connectivity index (χ1n) is 10.8. The van der Waals surface area contributed by atoms with E-state index in [1.807, 2.05) is 35.8 Å². The summed E-state index contributed by atoms with van der Waals surface area (Å²) in [6.45, 7) is 0.220. The largest absolute Gasteiger partial charge is 0.487 e. The van der Waals surface area contributed by atoms with E-state index in [0.29, 0.717) is 28.2 Å². The van der Waals surface area contributed by atoms with Gasteiger partial charge >= 0.3 is 11.9 Å². The molecule has 190 valence electrons. The lowest BCUT2D eigenvalue weighted by Gasteiger charge is -2.11. The molecule has 11 nitrogen and oxygen atoms in total. The molecule has 1 aromatic heterocycles. The maximum atomic E-state index is 12.4. The molecule has 0 atom stereocenters. The number of H-pyrrole nitrogens is 1. The van der Waals surface area contributed by atoms with Crippen molar-refractivity contribution in [3.05, 3.63) is 84.1 Å². The first-order chi connectivity index (χ1) is 17.6. The summed E-state index contributed by atoms with van der Waals surface area (Å²) >= 11 is 0. The highest BCUT2D eigenvalue weighted by Crippen LogP contribution is 2.34. The standard InChI is InChI=1S/C25H21N3O8S/c1-37(33,34)19-9-7-17(8-10-19)36-18-11-16-12-20(23(29)27-28-24(30)25(31)32)26-22(16)21(13-18)35-14-15-5-3-2-4-6-15/h2-13,26H,14H2,1H3,(H,27,29)(H,28,30)(H,31,32). The van der Waals surface area contributed by atoms with Crippen LogP contribution in [0.25, 0.3) is 10.9 Å². The summed E-state index contributed by atoms with van der Waals surface area (Å²) in [6.07, 6.45) is 1.11. The number of nitrogens with one attached hydrogen (secondary N) is 3. The Balaban J connectivity index is 1.64. The van der Waals surface area contributed by atoms with Crippen molar-refractivity contribution in [1.29, 1.82) is 0 Å². The second-order valence-corrected chi connectivity index (χ2v) is 9.92. The van der Waals surface area contributed by atoms with Gasteiger partial charge in [-0.25, -0.2) is 13.2 Å². The molecule has 37 heavy (non-hydrogen) atoms. The summed E-state index contributed by atoms with van der Waals surface area (Å²) in [7, 11) is -3.36. The molecule has 4 aromatic rings. The third kappa shape index (κ3) is 6.24. The number of hydrogen-bond donors (Lipinski definition) is 4. The van der Waals surface area contributed by atoms with Crippen molar-refractivity contribution in [2.24, 2.45) is 0 Å². The van der Waals surface area contributed by atoms with Crippen molar-refractivity contribution in [2.75, 3.05) is 6.26 Å². The zero-order valence-corrected chi connectivity index (χ0v) is 20.2. The Bertz CT molecular complexity index is 1580. The fourth-order valence-electron chi connectivity index (χ4n) is 3.34. The Morgan fingerprint density at radius 1 is 0.919 bits per heavy atom. The molecule has 3 aromatic carbocycles. The zero-order chi connectivity index (χ0) is 26.6. The number of sulfone groups is 1. The molecule has 12 heteroatoms. The van der Waals surface area contributed by atoms with Crippen molar-refractivity contribution in [1.82, 2.24) is 15.8 Å². The monoisotopic (exact) mass is 523 g/mol. The number of aliphatic carboxylic acids is 1. The van der Waals surface area contributed by atoms with Gasteiger partial charge in [0.2, 0.25) is 0 Å². The summed E-state index contributed by atoms with van der Waals surface area (Å²) in [5, 5.41) is 9.17. The van der Waals surface area contributed by atoms with Gasteiger partial charge in [-0.2, -0.15) is 0 Å². The first-order valence-corrected chi connectivity index (χ1v) is 12.6. The Kier molecular flexibility index (Phi) is 7.11. The van der Waals surface area contributed by atoms with Crippen molar-refractivity contribution < 1.29 is 37.4 Å². The fourth-order valence-corrected chi connectivity index (χ4v) is 3.97. The van der Waals surface area contributed by atoms with Gasteiger partial charge in [0.15, 0.2) is 9.84 Å². The number of carboxylic acid groups (broad SMARTS) is 1. The van der Waals surface area contributed by atoms with Crippen molar-refractivity contribution in [2.45, 2.75) is 11.5 Å². The van der Waals surface area contributed by atoms with Crippen LogP contribution in [0.15, 0.2) is 77.7 Å². The quantitative estimate of drug-likeness (QED) is 0.212. The van der Waals surface area contributed by atoms with E-state index in [1.54, 1.807) is 17.6 Å². The van der Waals surface area contributed by atoms with Crippen LogP contribution >= 0.6 is 0 Å². The van der Waals surface area contributed by atoms with E-state index >= 15 is 0 Å². The second kappa shape index (κ2) is 10.4. The summed E-state index contributed by atoms with van der Waals surface area (Å²) in [6, 6.07) is 20.0. The van der Waals surface area contributed by atoms with Crippen molar-refractivity contribution in [3.8, 4) is 17.2 Å². The number of amides is 2. The predicted molar refractivity (Wildman–Crippen MR) is 132 cm³/mol. The average Bonchev–Trinajstić information content (AvgIpc) is 3.30. The lowest BCUT2D eigenvalue weighted by atomic mass is 10.2. The van der Waals surface area contributed by atoms with Gasteiger partial charge in [-0.3, -0.25) is 20.4 Å². The van der Waals surface area contributed by atoms with Crippen LogP contribution in [0, 0.1) is 0 Å². The summed E-state index contributed by atoms with van der Waals surface area (Å²) in [5.41, 5.74) is 5.20. The van der Waals surface area contributed by atoms with Gasteiger partial charge in [-0.05, 0) is 42.0 Å². The number of carbonyl (C=O) groups is 3. The van der Waals surface area contributed by atoms with Crippen molar-refractivity contribution in [3.63, 3.8) is 0 Å². The highest BCUT2D eigenvalue weighted by atomic mass is 32.2. The number of carboxylic acids is 1. The lowest BCUT2D eigenvalue weighted by Crippen LogP contribution is -2.44. The second-order valence-electron chi connectivity index (χ2n) is 7.90. The molecular weight excluding hydrogens is 502 g/mol. The molecule has 0 aliphatic heterocycles. The maximum absolute atomic E-state index is 12.4. The SMILES string of the molecule is CS(=O)(=O)c1ccc(Oc2cc(OCc3ccccc3)c3[nH]c(C(=O)NNC(=O)C(=O)O)cc3c2)cc1. The molecule has 2 amide bonds. The van der Waals surface area contributed by atoms with Gasteiger partial charge in [-0.1, -0.05) is 30.3 Å². The average molecular weight is 524 g/mol. The van der Waals surface area contributed by atoms with Gasteiger partial charge in [0.25, 0.3) is 5.91 Å². The maximum Gasteiger partial charge on any atom is 0.396 e. The van der Waals surface area contributed by atoms with Gasteiger partial charge in [0.1, 0.15) is 29.5 Å². The van der Waals surface area contributed by atoms with E-state index in [4.69, 9.17) is 14.6 Å². The van der Waals surface area contributed by atoms with E-state index in [2.05, 4.69) is 4.98 Å². The Labute approximate surface area is 210 Å². The van der Waals surface area contributed by atoms with Crippen LogP contribution in [0.5, 0.6) is 17.2 Å². The van der Waals surface area contributed by atoms with Crippen LogP contribution in [-0.4, -0.2) is 42.5 Å². The molecule has 0 radical (unpaired) electrons. The van der Waals surface area contributed by atoms with E-state index in [0.717, 1.165) is 11.8 Å². The number of hydrazine groups is 1. The third-order valence-electron chi connectivity index (χ3n) is 5.12. The van der Waals surface area contributed by atoms with E-state index in [1.165, 1.54) is 30.3 Å². The van der Waals surface area contributed by atoms with Crippen LogP contribution in [0.3, 0.4) is 0 Å². The van der Waals surface area contributed by atoms with Crippen LogP contribution in [0.4, 0.5) is 0 Å². The Hall–Kier alpha value is -4.84. The molecule has 0 fully saturated rings. The Morgan fingerprint density at radius 2 is 1.62 bits per heavy atom. The number of benzene rings is 3. The predicted octanol–water partition coefficient (Wildman–Crippen LogP) is 2.79. The smallest absolute Gasteiger partial charge is 0.396 e. The molecule has 0 spiro atoms. The minimum atomic E-state index is -3.36. The summed E-state index contributed by atoms with van der Waals surface area (Å²) in [5.74, 6) is -2.83. The molecule has 0 unspecified atom stereocenters. The van der Waals surface area contributed by atoms with Crippen LogP contribution in [-0.2, 0) is 26.0 Å². The number of hydrogen-bond acceptors (Lipinski definition) is 7. The van der Waals surface area contributed by atoms with Crippen LogP contribution < -0.4 is 20.3 Å². The van der Waals surface area contributed by atoms with E-state index in [9.17, 15) is 22.8 Å². The number of fused-ring (bicyclic) bond motifs is 1. The van der Waals surface area contributed by atoms with E-state index in [-0.39, 0.29) is 17.2 Å². The van der Waals surface area contributed by atoms with Gasteiger partial charge in [0, 0.05) is 17.7 Å². The van der Waals surface area contributed by atoms with Crippen LogP contribution in [0.1, 0.15) is 16.1 Å².